The largest absolute Gasteiger partial charge is 0.392 e. The normalized spacial score (nSPS) is 42.2. The van der Waals surface area contributed by atoms with E-state index in [1.54, 1.807) is 0 Å². The maximum absolute atomic E-state index is 10.2. The fourth-order valence-corrected chi connectivity index (χ4v) is 3.07. The molecule has 76 valence electrons. The molecule has 2 aliphatic carbocycles. The SMILES string of the molecule is CC1CC1(CN)C(O)C1CCCC1. The van der Waals surface area contributed by atoms with Gasteiger partial charge >= 0.3 is 0 Å². The van der Waals surface area contributed by atoms with Crippen molar-refractivity contribution in [2.75, 3.05) is 6.54 Å². The van der Waals surface area contributed by atoms with Crippen LogP contribution in [-0.4, -0.2) is 17.8 Å². The van der Waals surface area contributed by atoms with E-state index in [0.29, 0.717) is 18.4 Å². The van der Waals surface area contributed by atoms with Crippen molar-refractivity contribution in [3.05, 3.63) is 0 Å². The molecule has 2 rings (SSSR count). The topological polar surface area (TPSA) is 46.2 Å². The van der Waals surface area contributed by atoms with Crippen molar-refractivity contribution in [2.24, 2.45) is 23.0 Å². The molecule has 2 saturated carbocycles. The van der Waals surface area contributed by atoms with E-state index in [0.717, 1.165) is 6.42 Å². The van der Waals surface area contributed by atoms with Gasteiger partial charge in [0.2, 0.25) is 0 Å². The average Bonchev–Trinajstić information content (AvgIpc) is 2.62. The molecule has 3 atom stereocenters. The fourth-order valence-electron chi connectivity index (χ4n) is 3.07. The average molecular weight is 183 g/mol. The number of aliphatic hydroxyl groups is 1. The Morgan fingerprint density at radius 1 is 1.46 bits per heavy atom. The third kappa shape index (κ3) is 1.40. The molecule has 0 heterocycles. The molecule has 3 N–H and O–H groups in total. The van der Waals surface area contributed by atoms with Gasteiger partial charge in [0.15, 0.2) is 0 Å². The second-order valence-corrected chi connectivity index (χ2v) is 5.03. The second-order valence-electron chi connectivity index (χ2n) is 5.03. The van der Waals surface area contributed by atoms with Crippen LogP contribution in [0.2, 0.25) is 0 Å². The zero-order valence-electron chi connectivity index (χ0n) is 8.50. The van der Waals surface area contributed by atoms with Crippen molar-refractivity contribution in [2.45, 2.75) is 45.1 Å². The van der Waals surface area contributed by atoms with Gasteiger partial charge in [0.25, 0.3) is 0 Å². The van der Waals surface area contributed by atoms with Crippen molar-refractivity contribution in [1.29, 1.82) is 0 Å². The molecule has 2 nitrogen and oxygen atoms in total. The molecule has 0 spiro atoms. The maximum Gasteiger partial charge on any atom is 0.0639 e. The minimum atomic E-state index is -0.116. The smallest absolute Gasteiger partial charge is 0.0639 e. The van der Waals surface area contributed by atoms with Gasteiger partial charge in [-0.05, 0) is 31.1 Å². The van der Waals surface area contributed by atoms with Gasteiger partial charge in [0, 0.05) is 12.0 Å². The van der Waals surface area contributed by atoms with Gasteiger partial charge in [-0.2, -0.15) is 0 Å². The van der Waals surface area contributed by atoms with Gasteiger partial charge in [-0.1, -0.05) is 19.8 Å². The van der Waals surface area contributed by atoms with Crippen molar-refractivity contribution in [3.8, 4) is 0 Å². The molecule has 13 heavy (non-hydrogen) atoms. The summed E-state index contributed by atoms with van der Waals surface area (Å²) < 4.78 is 0. The minimum Gasteiger partial charge on any atom is -0.392 e. The Bertz CT molecular complexity index is 185. The molecular formula is C11H21NO. The van der Waals surface area contributed by atoms with Gasteiger partial charge in [0.1, 0.15) is 0 Å². The minimum absolute atomic E-state index is 0.106. The first-order valence-electron chi connectivity index (χ1n) is 5.59. The summed E-state index contributed by atoms with van der Waals surface area (Å²) in [5.41, 5.74) is 5.87. The molecule has 0 aliphatic heterocycles. The van der Waals surface area contributed by atoms with Crippen LogP contribution in [0.5, 0.6) is 0 Å². The fraction of sp³-hybridized carbons (Fsp3) is 1.00. The lowest BCUT2D eigenvalue weighted by molar-refractivity contribution is 0.0361. The third-order valence-electron chi connectivity index (χ3n) is 4.32. The first kappa shape index (κ1) is 9.47. The van der Waals surface area contributed by atoms with Crippen LogP contribution in [0.1, 0.15) is 39.0 Å². The molecule has 2 aliphatic rings. The first-order chi connectivity index (χ1) is 6.20. The lowest BCUT2D eigenvalue weighted by Gasteiger charge is -2.27. The lowest BCUT2D eigenvalue weighted by atomic mass is 9.85. The number of aliphatic hydroxyl groups excluding tert-OH is 1. The predicted octanol–water partition coefficient (Wildman–Crippen LogP) is 1.52. The van der Waals surface area contributed by atoms with Gasteiger partial charge in [-0.15, -0.1) is 0 Å². The van der Waals surface area contributed by atoms with E-state index in [4.69, 9.17) is 5.73 Å². The molecule has 0 saturated heterocycles. The van der Waals surface area contributed by atoms with E-state index < -0.39 is 0 Å². The molecule has 0 bridgehead atoms. The molecule has 2 heteroatoms. The van der Waals surface area contributed by atoms with Gasteiger partial charge in [-0.25, -0.2) is 0 Å². The monoisotopic (exact) mass is 183 g/mol. The summed E-state index contributed by atoms with van der Waals surface area (Å²) in [5, 5.41) is 10.2. The van der Waals surface area contributed by atoms with E-state index in [2.05, 4.69) is 6.92 Å². The molecule has 0 radical (unpaired) electrons. The summed E-state index contributed by atoms with van der Waals surface area (Å²) in [6.07, 6.45) is 6.06. The highest BCUT2D eigenvalue weighted by Gasteiger charge is 2.56. The van der Waals surface area contributed by atoms with Gasteiger partial charge in [-0.3, -0.25) is 0 Å². The Morgan fingerprint density at radius 3 is 2.38 bits per heavy atom. The summed E-state index contributed by atoms with van der Waals surface area (Å²) in [7, 11) is 0. The van der Waals surface area contributed by atoms with Crippen LogP contribution < -0.4 is 5.73 Å². The molecule has 0 amide bonds. The van der Waals surface area contributed by atoms with Crippen LogP contribution in [0.4, 0.5) is 0 Å². The summed E-state index contributed by atoms with van der Waals surface area (Å²) in [6.45, 7) is 2.89. The van der Waals surface area contributed by atoms with Crippen LogP contribution in [0.15, 0.2) is 0 Å². The predicted molar refractivity (Wildman–Crippen MR) is 53.2 cm³/mol. The summed E-state index contributed by atoms with van der Waals surface area (Å²) in [6, 6.07) is 0. The summed E-state index contributed by atoms with van der Waals surface area (Å²) in [5.74, 6) is 1.20. The van der Waals surface area contributed by atoms with E-state index >= 15 is 0 Å². The van der Waals surface area contributed by atoms with Crippen molar-refractivity contribution < 1.29 is 5.11 Å². The maximum atomic E-state index is 10.2. The molecular weight excluding hydrogens is 162 g/mol. The molecule has 0 aromatic rings. The van der Waals surface area contributed by atoms with Crippen molar-refractivity contribution in [1.82, 2.24) is 0 Å². The third-order valence-corrected chi connectivity index (χ3v) is 4.32. The highest BCUT2D eigenvalue weighted by atomic mass is 16.3. The van der Waals surface area contributed by atoms with Crippen LogP contribution in [0.25, 0.3) is 0 Å². The summed E-state index contributed by atoms with van der Waals surface area (Å²) >= 11 is 0. The Morgan fingerprint density at radius 2 is 2.00 bits per heavy atom. The Hall–Kier alpha value is -0.0800. The Kier molecular flexibility index (Phi) is 2.37. The van der Waals surface area contributed by atoms with Crippen LogP contribution in [0, 0.1) is 17.3 Å². The van der Waals surface area contributed by atoms with Crippen molar-refractivity contribution >= 4 is 0 Å². The standard InChI is InChI=1S/C11H21NO/c1-8-6-11(8,7-12)10(13)9-4-2-3-5-9/h8-10,13H,2-7,12H2,1H3. The van der Waals surface area contributed by atoms with E-state index in [1.807, 2.05) is 0 Å². The number of nitrogens with two attached hydrogens (primary N) is 1. The second kappa shape index (κ2) is 3.25. The van der Waals surface area contributed by atoms with Gasteiger partial charge in [0.05, 0.1) is 6.10 Å². The highest BCUT2D eigenvalue weighted by molar-refractivity contribution is 5.07. The number of hydrogen-bond donors (Lipinski definition) is 2. The van der Waals surface area contributed by atoms with E-state index in [-0.39, 0.29) is 11.5 Å². The van der Waals surface area contributed by atoms with E-state index in [1.165, 1.54) is 25.7 Å². The van der Waals surface area contributed by atoms with Crippen LogP contribution in [0.3, 0.4) is 0 Å². The molecule has 2 fully saturated rings. The molecule has 0 aromatic heterocycles. The van der Waals surface area contributed by atoms with Gasteiger partial charge < -0.3 is 10.8 Å². The van der Waals surface area contributed by atoms with Crippen LogP contribution in [-0.2, 0) is 0 Å². The molecule has 0 aromatic carbocycles. The number of hydrogen-bond acceptors (Lipinski definition) is 2. The molecule has 3 unspecified atom stereocenters. The first-order valence-corrected chi connectivity index (χ1v) is 5.59. The zero-order valence-corrected chi connectivity index (χ0v) is 8.50. The van der Waals surface area contributed by atoms with E-state index in [9.17, 15) is 5.11 Å². The Balaban J connectivity index is 1.99. The number of rotatable bonds is 3. The summed E-state index contributed by atoms with van der Waals surface area (Å²) in [4.78, 5) is 0. The zero-order chi connectivity index (χ0) is 9.47. The van der Waals surface area contributed by atoms with Crippen LogP contribution >= 0.6 is 0 Å². The van der Waals surface area contributed by atoms with Crippen molar-refractivity contribution in [3.63, 3.8) is 0 Å². The highest BCUT2D eigenvalue weighted by Crippen LogP contribution is 2.57. The quantitative estimate of drug-likeness (QED) is 0.697. The lowest BCUT2D eigenvalue weighted by Crippen LogP contribution is -2.36. The Labute approximate surface area is 80.5 Å².